The van der Waals surface area contributed by atoms with Crippen LogP contribution in [0.15, 0.2) is 54.6 Å². The van der Waals surface area contributed by atoms with E-state index in [0.717, 1.165) is 30.2 Å². The Bertz CT molecular complexity index is 892. The molecule has 3 rings (SSSR count). The lowest BCUT2D eigenvalue weighted by Crippen LogP contribution is -2.09. The monoisotopic (exact) mass is 460 g/mol. The van der Waals surface area contributed by atoms with Gasteiger partial charge in [-0.15, -0.1) is 0 Å². The molecule has 0 fully saturated rings. The van der Waals surface area contributed by atoms with Crippen LogP contribution in [-0.2, 0) is 4.79 Å². The highest BCUT2D eigenvalue weighted by molar-refractivity contribution is 5.74. The van der Waals surface area contributed by atoms with Crippen molar-refractivity contribution in [1.29, 1.82) is 0 Å². The number of allylic oxidation sites excluding steroid dienone is 2. The molecule has 34 heavy (non-hydrogen) atoms. The van der Waals surface area contributed by atoms with Crippen molar-refractivity contribution >= 4 is 11.5 Å². The van der Waals surface area contributed by atoms with Crippen LogP contribution in [0, 0.1) is 11.8 Å². The Balaban J connectivity index is 1.47. The molecular formula is C32H44O2. The molecule has 2 unspecified atom stereocenters. The summed E-state index contributed by atoms with van der Waals surface area (Å²) in [6, 6.07) is 16.8. The number of rotatable bonds is 13. The van der Waals surface area contributed by atoms with Gasteiger partial charge in [-0.25, -0.2) is 0 Å². The van der Waals surface area contributed by atoms with Crippen LogP contribution in [0.5, 0.6) is 5.75 Å². The molecule has 0 aliphatic heterocycles. The van der Waals surface area contributed by atoms with E-state index in [1.807, 2.05) is 24.3 Å². The van der Waals surface area contributed by atoms with Crippen molar-refractivity contribution in [2.45, 2.75) is 97.8 Å². The molecular weight excluding hydrogens is 416 g/mol. The molecule has 2 nitrogen and oxygen atoms in total. The second-order valence-electron chi connectivity index (χ2n) is 10.2. The van der Waals surface area contributed by atoms with Crippen molar-refractivity contribution in [1.82, 2.24) is 0 Å². The maximum atomic E-state index is 12.1. The van der Waals surface area contributed by atoms with Crippen LogP contribution in [0.2, 0.25) is 0 Å². The van der Waals surface area contributed by atoms with Crippen molar-refractivity contribution in [3.63, 3.8) is 0 Å². The molecule has 0 saturated heterocycles. The minimum Gasteiger partial charge on any atom is -0.427 e. The lowest BCUT2D eigenvalue weighted by atomic mass is 9.81. The van der Waals surface area contributed by atoms with E-state index in [9.17, 15) is 4.79 Å². The van der Waals surface area contributed by atoms with E-state index < -0.39 is 0 Å². The third-order valence-electron chi connectivity index (χ3n) is 7.36. The molecule has 2 aromatic carbocycles. The lowest BCUT2D eigenvalue weighted by molar-refractivity contribution is -0.134. The predicted molar refractivity (Wildman–Crippen MR) is 145 cm³/mol. The molecule has 1 aliphatic carbocycles. The Morgan fingerprint density at radius 1 is 0.882 bits per heavy atom. The second kappa shape index (κ2) is 14.1. The van der Waals surface area contributed by atoms with Crippen molar-refractivity contribution in [2.24, 2.45) is 11.8 Å². The Kier molecular flexibility index (Phi) is 10.9. The molecule has 0 N–H and O–H groups in total. The highest BCUT2D eigenvalue weighted by Crippen LogP contribution is 2.34. The van der Waals surface area contributed by atoms with Crippen LogP contribution in [0.25, 0.3) is 16.7 Å². The first-order valence-electron chi connectivity index (χ1n) is 13.7. The van der Waals surface area contributed by atoms with E-state index in [0.29, 0.717) is 12.2 Å². The topological polar surface area (TPSA) is 26.3 Å². The highest BCUT2D eigenvalue weighted by atomic mass is 16.5. The zero-order chi connectivity index (χ0) is 24.2. The molecule has 2 heteroatoms. The number of carbonyl (C=O) groups excluding carboxylic acids is 1. The van der Waals surface area contributed by atoms with E-state index in [2.05, 4.69) is 51.1 Å². The zero-order valence-corrected chi connectivity index (χ0v) is 21.7. The summed E-state index contributed by atoms with van der Waals surface area (Å²) in [6.07, 6.45) is 16.4. The third kappa shape index (κ3) is 8.46. The first kappa shape index (κ1) is 26.3. The van der Waals surface area contributed by atoms with Crippen LogP contribution < -0.4 is 4.74 Å². The summed E-state index contributed by atoms with van der Waals surface area (Å²) in [4.78, 5) is 12.1. The normalized spacial score (nSPS) is 16.7. The second-order valence-corrected chi connectivity index (χ2v) is 10.2. The Labute approximate surface area is 207 Å². The Hall–Kier alpha value is -2.35. The van der Waals surface area contributed by atoms with Crippen LogP contribution in [0.3, 0.4) is 0 Å². The van der Waals surface area contributed by atoms with Crippen molar-refractivity contribution in [3.8, 4) is 16.9 Å². The van der Waals surface area contributed by atoms with Crippen molar-refractivity contribution in [2.75, 3.05) is 0 Å². The van der Waals surface area contributed by atoms with Crippen molar-refractivity contribution < 1.29 is 9.53 Å². The number of ether oxygens (including phenoxy) is 1. The number of hydrogen-bond acceptors (Lipinski definition) is 2. The number of hydrogen-bond donors (Lipinski definition) is 0. The van der Waals surface area contributed by atoms with Gasteiger partial charge in [-0.3, -0.25) is 4.79 Å². The number of benzene rings is 2. The van der Waals surface area contributed by atoms with Crippen LogP contribution in [0.1, 0.15) is 103 Å². The Morgan fingerprint density at radius 3 is 2.12 bits per heavy atom. The minimum absolute atomic E-state index is 0.125. The fourth-order valence-electron chi connectivity index (χ4n) is 4.92. The Morgan fingerprint density at radius 2 is 1.50 bits per heavy atom. The fraction of sp³-hybridized carbons (Fsp3) is 0.531. The van der Waals surface area contributed by atoms with Gasteiger partial charge in [0, 0.05) is 6.42 Å². The smallest absolute Gasteiger partial charge is 0.311 e. The van der Waals surface area contributed by atoms with Gasteiger partial charge >= 0.3 is 5.97 Å². The standard InChI is InChI=1S/C32H44O2/c1-4-6-7-8-9-10-11-32(33)34-31-22-20-30(21-23-31)29-18-16-28(17-19-29)27-14-12-26(13-15-27)24-25(3)5-2/h14,16-23,25-26H,4-13,15,24H2,1-3H3. The molecule has 184 valence electrons. The van der Waals surface area contributed by atoms with Crippen LogP contribution in [0.4, 0.5) is 0 Å². The summed E-state index contributed by atoms with van der Waals surface area (Å²) in [5.41, 5.74) is 5.19. The molecule has 0 spiro atoms. The molecule has 0 heterocycles. The third-order valence-corrected chi connectivity index (χ3v) is 7.36. The highest BCUT2D eigenvalue weighted by Gasteiger charge is 2.17. The maximum Gasteiger partial charge on any atom is 0.311 e. The van der Waals surface area contributed by atoms with Gasteiger partial charge in [-0.1, -0.05) is 102 Å². The van der Waals surface area contributed by atoms with Crippen LogP contribution in [-0.4, -0.2) is 5.97 Å². The van der Waals surface area contributed by atoms with Gasteiger partial charge in [0.05, 0.1) is 0 Å². The molecule has 1 aliphatic rings. The average molecular weight is 461 g/mol. The quantitative estimate of drug-likeness (QED) is 0.169. The minimum atomic E-state index is -0.125. The van der Waals surface area contributed by atoms with E-state index in [4.69, 9.17) is 4.74 Å². The predicted octanol–water partition coefficient (Wildman–Crippen LogP) is 9.63. The molecule has 2 atom stereocenters. The summed E-state index contributed by atoms with van der Waals surface area (Å²) >= 11 is 0. The van der Waals surface area contributed by atoms with E-state index in [1.165, 1.54) is 74.5 Å². The maximum absolute atomic E-state index is 12.1. The fourth-order valence-corrected chi connectivity index (χ4v) is 4.92. The SMILES string of the molecule is CCCCCCCCC(=O)Oc1ccc(-c2ccc(C3=CCC(CC(C)CC)CC3)cc2)cc1. The van der Waals surface area contributed by atoms with E-state index in [-0.39, 0.29) is 5.97 Å². The van der Waals surface area contributed by atoms with Gasteiger partial charge in [0.15, 0.2) is 0 Å². The largest absolute Gasteiger partial charge is 0.427 e. The van der Waals surface area contributed by atoms with E-state index >= 15 is 0 Å². The van der Waals surface area contributed by atoms with Gasteiger partial charge < -0.3 is 4.74 Å². The molecule has 0 saturated carbocycles. The van der Waals surface area contributed by atoms with Gasteiger partial charge in [0.2, 0.25) is 0 Å². The number of unbranched alkanes of at least 4 members (excludes halogenated alkanes) is 5. The number of carbonyl (C=O) groups is 1. The average Bonchev–Trinajstić information content (AvgIpc) is 2.87. The first-order chi connectivity index (χ1) is 16.6. The number of esters is 1. The summed E-state index contributed by atoms with van der Waals surface area (Å²) in [6.45, 7) is 6.90. The summed E-state index contributed by atoms with van der Waals surface area (Å²) < 4.78 is 5.52. The summed E-state index contributed by atoms with van der Waals surface area (Å²) in [5, 5.41) is 0. The van der Waals surface area contributed by atoms with Gasteiger partial charge in [-0.05, 0) is 78.3 Å². The lowest BCUT2D eigenvalue weighted by Gasteiger charge is -2.24. The van der Waals surface area contributed by atoms with Crippen LogP contribution >= 0.6 is 0 Å². The molecule has 0 aromatic heterocycles. The molecule has 0 radical (unpaired) electrons. The first-order valence-corrected chi connectivity index (χ1v) is 13.7. The van der Waals surface area contributed by atoms with Gasteiger partial charge in [0.25, 0.3) is 0 Å². The summed E-state index contributed by atoms with van der Waals surface area (Å²) in [7, 11) is 0. The zero-order valence-electron chi connectivity index (χ0n) is 21.7. The molecule has 0 bridgehead atoms. The van der Waals surface area contributed by atoms with Gasteiger partial charge in [-0.2, -0.15) is 0 Å². The van der Waals surface area contributed by atoms with E-state index in [1.54, 1.807) is 0 Å². The van der Waals surface area contributed by atoms with Crippen molar-refractivity contribution in [3.05, 3.63) is 60.2 Å². The molecule has 0 amide bonds. The summed E-state index contributed by atoms with van der Waals surface area (Å²) in [5.74, 6) is 2.21. The van der Waals surface area contributed by atoms with Gasteiger partial charge in [0.1, 0.15) is 5.75 Å². The molecule has 2 aromatic rings.